The fraction of sp³-hybridized carbons (Fsp3) is 0.278. The number of hydrogen-bond donors (Lipinski definition) is 2. The summed E-state index contributed by atoms with van der Waals surface area (Å²) < 4.78 is 5.55. The Morgan fingerprint density at radius 1 is 1.00 bits per heavy atom. The minimum Gasteiger partial charge on any atom is -0.492 e. The van der Waals surface area contributed by atoms with Crippen molar-refractivity contribution in [1.29, 1.82) is 0 Å². The Hall–Kier alpha value is -2.49. The highest BCUT2D eigenvalue weighted by atomic mass is 16.5. The van der Waals surface area contributed by atoms with Crippen molar-refractivity contribution in [3.63, 3.8) is 0 Å². The van der Waals surface area contributed by atoms with Crippen LogP contribution in [0.3, 0.4) is 0 Å². The van der Waals surface area contributed by atoms with Gasteiger partial charge in [0, 0.05) is 6.54 Å². The third-order valence-corrected chi connectivity index (χ3v) is 3.21. The predicted molar refractivity (Wildman–Crippen MR) is 88.1 cm³/mol. The third kappa shape index (κ3) is 5.48. The molecule has 0 heterocycles. The van der Waals surface area contributed by atoms with Crippen LogP contribution in [0.1, 0.15) is 16.7 Å². The third-order valence-electron chi connectivity index (χ3n) is 3.21. The number of hydrogen-bond acceptors (Lipinski definition) is 2. The Bertz CT molecular complexity index is 609. The molecule has 4 heteroatoms. The number of ether oxygens (including phenoxy) is 1. The van der Waals surface area contributed by atoms with E-state index in [0.29, 0.717) is 19.7 Å². The maximum Gasteiger partial charge on any atom is 0.315 e. The normalized spacial score (nSPS) is 10.1. The highest BCUT2D eigenvalue weighted by Crippen LogP contribution is 2.10. The van der Waals surface area contributed by atoms with Crippen LogP contribution in [0, 0.1) is 13.8 Å². The lowest BCUT2D eigenvalue weighted by molar-refractivity contribution is 0.236. The molecule has 116 valence electrons. The van der Waals surface area contributed by atoms with Crippen LogP contribution < -0.4 is 15.4 Å². The van der Waals surface area contributed by atoms with Crippen LogP contribution >= 0.6 is 0 Å². The average molecular weight is 298 g/mol. The Balaban J connectivity index is 1.62. The summed E-state index contributed by atoms with van der Waals surface area (Å²) >= 11 is 0. The van der Waals surface area contributed by atoms with E-state index in [1.165, 1.54) is 11.1 Å². The van der Waals surface area contributed by atoms with Crippen LogP contribution in [0.5, 0.6) is 5.75 Å². The molecule has 4 nitrogen and oxygen atoms in total. The lowest BCUT2D eigenvalue weighted by atomic mass is 10.1. The van der Waals surface area contributed by atoms with Gasteiger partial charge in [-0.1, -0.05) is 47.5 Å². The van der Waals surface area contributed by atoms with Crippen molar-refractivity contribution in [1.82, 2.24) is 10.6 Å². The van der Waals surface area contributed by atoms with Gasteiger partial charge in [-0.2, -0.15) is 0 Å². The summed E-state index contributed by atoms with van der Waals surface area (Å²) in [5, 5.41) is 5.60. The van der Waals surface area contributed by atoms with Crippen LogP contribution in [0.4, 0.5) is 4.79 Å². The molecule has 0 fully saturated rings. The van der Waals surface area contributed by atoms with Crippen LogP contribution in [-0.4, -0.2) is 19.2 Å². The van der Waals surface area contributed by atoms with E-state index < -0.39 is 0 Å². The first kappa shape index (κ1) is 15.9. The van der Waals surface area contributed by atoms with Gasteiger partial charge >= 0.3 is 6.03 Å². The fourth-order valence-electron chi connectivity index (χ4n) is 2.03. The van der Waals surface area contributed by atoms with Gasteiger partial charge in [0.2, 0.25) is 0 Å². The summed E-state index contributed by atoms with van der Waals surface area (Å²) in [5.41, 5.74) is 3.47. The first-order valence-corrected chi connectivity index (χ1v) is 7.40. The van der Waals surface area contributed by atoms with Crippen molar-refractivity contribution in [2.45, 2.75) is 20.4 Å². The van der Waals surface area contributed by atoms with E-state index in [2.05, 4.69) is 16.7 Å². The van der Waals surface area contributed by atoms with Gasteiger partial charge in [0.15, 0.2) is 0 Å². The molecular formula is C18H22N2O2. The van der Waals surface area contributed by atoms with E-state index in [0.717, 1.165) is 11.3 Å². The van der Waals surface area contributed by atoms with Gasteiger partial charge in [0.1, 0.15) is 12.4 Å². The predicted octanol–water partition coefficient (Wildman–Crippen LogP) is 3.18. The minimum atomic E-state index is -0.186. The molecule has 0 radical (unpaired) electrons. The Kier molecular flexibility index (Phi) is 5.83. The van der Waals surface area contributed by atoms with Gasteiger partial charge in [-0.15, -0.1) is 0 Å². The van der Waals surface area contributed by atoms with E-state index in [4.69, 9.17) is 4.74 Å². The summed E-state index contributed by atoms with van der Waals surface area (Å²) in [7, 11) is 0. The zero-order valence-electron chi connectivity index (χ0n) is 13.1. The number of benzene rings is 2. The van der Waals surface area contributed by atoms with Crippen molar-refractivity contribution >= 4 is 6.03 Å². The highest BCUT2D eigenvalue weighted by molar-refractivity contribution is 5.73. The largest absolute Gasteiger partial charge is 0.492 e. The maximum absolute atomic E-state index is 11.7. The standard InChI is InChI=1S/C18H22N2O2/c1-14-6-8-17(9-7-14)22-11-10-19-18(21)20-13-16-5-3-4-15(2)12-16/h3-9,12H,10-11,13H2,1-2H3,(H2,19,20,21). The van der Waals surface area contributed by atoms with Gasteiger partial charge in [-0.3, -0.25) is 0 Å². The van der Waals surface area contributed by atoms with Crippen LogP contribution in [0.15, 0.2) is 48.5 Å². The van der Waals surface area contributed by atoms with Crippen LogP contribution in [0.25, 0.3) is 0 Å². The number of aryl methyl sites for hydroxylation is 2. The van der Waals surface area contributed by atoms with Crippen molar-refractivity contribution in [2.75, 3.05) is 13.2 Å². The molecular weight excluding hydrogens is 276 g/mol. The van der Waals surface area contributed by atoms with Crippen molar-refractivity contribution in [3.8, 4) is 5.75 Å². The molecule has 0 saturated heterocycles. The van der Waals surface area contributed by atoms with E-state index in [9.17, 15) is 4.79 Å². The quantitative estimate of drug-likeness (QED) is 0.805. The molecule has 0 unspecified atom stereocenters. The van der Waals surface area contributed by atoms with E-state index in [1.807, 2.05) is 56.3 Å². The Morgan fingerprint density at radius 3 is 2.50 bits per heavy atom. The molecule has 0 saturated carbocycles. The fourth-order valence-corrected chi connectivity index (χ4v) is 2.03. The second kappa shape index (κ2) is 8.08. The second-order valence-corrected chi connectivity index (χ2v) is 5.26. The highest BCUT2D eigenvalue weighted by Gasteiger charge is 2.00. The SMILES string of the molecule is Cc1ccc(OCCNC(=O)NCc2cccc(C)c2)cc1. The van der Waals surface area contributed by atoms with Gasteiger partial charge < -0.3 is 15.4 Å². The number of carbonyl (C=O) groups is 1. The summed E-state index contributed by atoms with van der Waals surface area (Å²) in [6.45, 7) is 5.50. The molecule has 0 atom stereocenters. The number of urea groups is 1. The topological polar surface area (TPSA) is 50.4 Å². The summed E-state index contributed by atoms with van der Waals surface area (Å²) in [4.78, 5) is 11.7. The zero-order chi connectivity index (χ0) is 15.8. The number of nitrogens with one attached hydrogen (secondary N) is 2. The van der Waals surface area contributed by atoms with Gasteiger partial charge in [-0.25, -0.2) is 4.79 Å². The molecule has 0 aromatic heterocycles. The van der Waals surface area contributed by atoms with Crippen molar-refractivity contribution in [3.05, 3.63) is 65.2 Å². The summed E-state index contributed by atoms with van der Waals surface area (Å²) in [6.07, 6.45) is 0. The molecule has 0 spiro atoms. The lowest BCUT2D eigenvalue weighted by Gasteiger charge is -2.09. The summed E-state index contributed by atoms with van der Waals surface area (Å²) in [5.74, 6) is 0.813. The first-order chi connectivity index (χ1) is 10.6. The first-order valence-electron chi connectivity index (χ1n) is 7.40. The number of amides is 2. The molecule has 0 aliphatic carbocycles. The van der Waals surface area contributed by atoms with E-state index >= 15 is 0 Å². The smallest absolute Gasteiger partial charge is 0.315 e. The molecule has 0 aliphatic heterocycles. The maximum atomic E-state index is 11.7. The Labute approximate surface area is 131 Å². The summed E-state index contributed by atoms with van der Waals surface area (Å²) in [6, 6.07) is 15.7. The molecule has 2 rings (SSSR count). The van der Waals surface area contributed by atoms with Crippen LogP contribution in [0.2, 0.25) is 0 Å². The molecule has 22 heavy (non-hydrogen) atoms. The second-order valence-electron chi connectivity index (χ2n) is 5.26. The minimum absolute atomic E-state index is 0.186. The van der Waals surface area contributed by atoms with E-state index in [-0.39, 0.29) is 6.03 Å². The van der Waals surface area contributed by atoms with Gasteiger partial charge in [-0.05, 0) is 31.5 Å². The molecule has 2 amide bonds. The van der Waals surface area contributed by atoms with Crippen molar-refractivity contribution < 1.29 is 9.53 Å². The molecule has 2 aromatic rings. The number of carbonyl (C=O) groups excluding carboxylic acids is 1. The van der Waals surface area contributed by atoms with Crippen LogP contribution in [-0.2, 0) is 6.54 Å². The molecule has 0 bridgehead atoms. The number of rotatable bonds is 6. The molecule has 2 aromatic carbocycles. The van der Waals surface area contributed by atoms with Gasteiger partial charge in [0.25, 0.3) is 0 Å². The lowest BCUT2D eigenvalue weighted by Crippen LogP contribution is -2.37. The van der Waals surface area contributed by atoms with E-state index in [1.54, 1.807) is 0 Å². The monoisotopic (exact) mass is 298 g/mol. The zero-order valence-corrected chi connectivity index (χ0v) is 13.1. The molecule has 2 N–H and O–H groups in total. The van der Waals surface area contributed by atoms with Crippen molar-refractivity contribution in [2.24, 2.45) is 0 Å². The molecule has 0 aliphatic rings. The van der Waals surface area contributed by atoms with Gasteiger partial charge in [0.05, 0.1) is 6.54 Å². The Morgan fingerprint density at radius 2 is 1.77 bits per heavy atom. The average Bonchev–Trinajstić information content (AvgIpc) is 2.51.